The number of phenolic OH excluding ortho intramolecular Hbond substituents is 1. The summed E-state index contributed by atoms with van der Waals surface area (Å²) in [5.74, 6) is 0.338. The van der Waals surface area contributed by atoms with Gasteiger partial charge in [-0.05, 0) is 63.8 Å². The summed E-state index contributed by atoms with van der Waals surface area (Å²) in [5, 5.41) is 19.2. The standard InChI is InChI=1S/C28H23NO/c30-28-21-10-4-2-8-19(21)14-16-26(28)29-27-17-25-20-9-3-1-7-18(20)13-15-23(25)22-11-5-6-12-24(22)27/h1-5,7-11,13-16,27,29-30H,6,12,17H2. The normalized spacial score (nSPS) is 17.8. The molecule has 0 fully saturated rings. The Hall–Kier alpha value is -3.52. The third kappa shape index (κ3) is 2.64. The first-order valence-corrected chi connectivity index (χ1v) is 10.7. The number of benzene rings is 4. The maximum absolute atomic E-state index is 11.0. The van der Waals surface area contributed by atoms with Gasteiger partial charge in [0.05, 0.1) is 11.7 Å². The van der Waals surface area contributed by atoms with E-state index in [-0.39, 0.29) is 6.04 Å². The summed E-state index contributed by atoms with van der Waals surface area (Å²) in [7, 11) is 0. The van der Waals surface area contributed by atoms with E-state index in [1.165, 1.54) is 33.0 Å². The lowest BCUT2D eigenvalue weighted by Gasteiger charge is -2.33. The number of anilines is 1. The van der Waals surface area contributed by atoms with Crippen LogP contribution in [0.5, 0.6) is 5.75 Å². The molecule has 2 N–H and O–H groups in total. The largest absolute Gasteiger partial charge is 0.505 e. The predicted octanol–water partition coefficient (Wildman–Crippen LogP) is 6.84. The van der Waals surface area contributed by atoms with Crippen LogP contribution < -0.4 is 5.32 Å². The van der Waals surface area contributed by atoms with Crippen LogP contribution in [-0.2, 0) is 6.42 Å². The van der Waals surface area contributed by atoms with Crippen molar-refractivity contribution in [2.45, 2.75) is 25.3 Å². The molecule has 1 unspecified atom stereocenters. The van der Waals surface area contributed by atoms with Crippen molar-refractivity contribution < 1.29 is 5.11 Å². The van der Waals surface area contributed by atoms with Gasteiger partial charge in [0, 0.05) is 5.39 Å². The molecule has 4 aromatic carbocycles. The third-order valence-electron chi connectivity index (χ3n) is 6.60. The zero-order chi connectivity index (χ0) is 20.1. The zero-order valence-electron chi connectivity index (χ0n) is 16.7. The van der Waals surface area contributed by atoms with E-state index in [1.807, 2.05) is 30.3 Å². The van der Waals surface area contributed by atoms with Gasteiger partial charge in [-0.3, -0.25) is 0 Å². The summed E-state index contributed by atoms with van der Waals surface area (Å²) in [6.07, 6.45) is 7.64. The fraction of sp³-hybridized carbons (Fsp3) is 0.143. The molecule has 1 atom stereocenters. The van der Waals surface area contributed by atoms with Crippen molar-refractivity contribution in [3.63, 3.8) is 0 Å². The molecule has 2 nitrogen and oxygen atoms in total. The van der Waals surface area contributed by atoms with Gasteiger partial charge in [0.15, 0.2) is 0 Å². The molecule has 0 radical (unpaired) electrons. The van der Waals surface area contributed by atoms with Gasteiger partial charge in [-0.25, -0.2) is 0 Å². The molecule has 0 spiro atoms. The topological polar surface area (TPSA) is 32.3 Å². The zero-order valence-corrected chi connectivity index (χ0v) is 16.7. The second-order valence-corrected chi connectivity index (χ2v) is 8.28. The van der Waals surface area contributed by atoms with Crippen LogP contribution in [0.3, 0.4) is 0 Å². The summed E-state index contributed by atoms with van der Waals surface area (Å²) in [4.78, 5) is 0. The monoisotopic (exact) mass is 389 g/mol. The minimum Gasteiger partial charge on any atom is -0.505 e. The molecule has 0 aliphatic heterocycles. The number of aromatic hydroxyl groups is 1. The van der Waals surface area contributed by atoms with E-state index in [0.29, 0.717) is 5.75 Å². The Morgan fingerprint density at radius 2 is 1.53 bits per heavy atom. The molecule has 146 valence electrons. The number of fused-ring (bicyclic) bond motifs is 5. The van der Waals surface area contributed by atoms with E-state index >= 15 is 0 Å². The van der Waals surface area contributed by atoms with Gasteiger partial charge in [-0.1, -0.05) is 78.9 Å². The Morgan fingerprint density at radius 1 is 0.800 bits per heavy atom. The fourth-order valence-corrected chi connectivity index (χ4v) is 5.14. The van der Waals surface area contributed by atoms with Crippen molar-refractivity contribution in [2.75, 3.05) is 5.32 Å². The minimum atomic E-state index is 0.176. The SMILES string of the molecule is Oc1c(NC2Cc3c(ccc4ccccc34)C3=C2CCC=C3)ccc2ccccc12. The van der Waals surface area contributed by atoms with Crippen LogP contribution in [0.1, 0.15) is 24.0 Å². The summed E-state index contributed by atoms with van der Waals surface area (Å²) in [6.45, 7) is 0. The van der Waals surface area contributed by atoms with Gasteiger partial charge in [0.2, 0.25) is 0 Å². The average Bonchev–Trinajstić information content (AvgIpc) is 2.81. The minimum absolute atomic E-state index is 0.176. The number of rotatable bonds is 2. The molecule has 4 aromatic rings. The Labute approximate surface area is 176 Å². The molecule has 2 aliphatic carbocycles. The molecule has 0 saturated heterocycles. The highest BCUT2D eigenvalue weighted by Gasteiger charge is 2.28. The summed E-state index contributed by atoms with van der Waals surface area (Å²) in [6, 6.07) is 25.4. The van der Waals surface area contributed by atoms with Crippen LogP contribution in [-0.4, -0.2) is 11.1 Å². The molecule has 2 heteroatoms. The lowest BCUT2D eigenvalue weighted by atomic mass is 9.77. The molecule has 0 saturated carbocycles. The molecule has 0 heterocycles. The van der Waals surface area contributed by atoms with E-state index in [9.17, 15) is 5.11 Å². The van der Waals surface area contributed by atoms with E-state index in [0.717, 1.165) is 35.7 Å². The van der Waals surface area contributed by atoms with Crippen LogP contribution in [0.2, 0.25) is 0 Å². The van der Waals surface area contributed by atoms with Gasteiger partial charge < -0.3 is 10.4 Å². The van der Waals surface area contributed by atoms with Crippen molar-refractivity contribution in [1.29, 1.82) is 0 Å². The van der Waals surface area contributed by atoms with E-state index in [4.69, 9.17) is 0 Å². The van der Waals surface area contributed by atoms with E-state index in [1.54, 1.807) is 0 Å². The molecular weight excluding hydrogens is 366 g/mol. The van der Waals surface area contributed by atoms with Crippen LogP contribution in [0.4, 0.5) is 5.69 Å². The number of nitrogens with one attached hydrogen (secondary N) is 1. The second kappa shape index (κ2) is 6.77. The predicted molar refractivity (Wildman–Crippen MR) is 126 cm³/mol. The molecule has 0 amide bonds. The molecular formula is C28H23NO. The lowest BCUT2D eigenvalue weighted by Crippen LogP contribution is -2.30. The molecule has 0 aromatic heterocycles. The first-order valence-electron chi connectivity index (χ1n) is 10.7. The van der Waals surface area contributed by atoms with Crippen molar-refractivity contribution in [1.82, 2.24) is 0 Å². The van der Waals surface area contributed by atoms with Crippen molar-refractivity contribution in [3.05, 3.63) is 102 Å². The number of allylic oxidation sites excluding steroid dienone is 3. The summed E-state index contributed by atoms with van der Waals surface area (Å²) >= 11 is 0. The van der Waals surface area contributed by atoms with Gasteiger partial charge in [0.25, 0.3) is 0 Å². The quantitative estimate of drug-likeness (QED) is 0.368. The first kappa shape index (κ1) is 17.3. The van der Waals surface area contributed by atoms with Gasteiger partial charge in [-0.15, -0.1) is 0 Å². The Balaban J connectivity index is 1.48. The number of hydrogen-bond donors (Lipinski definition) is 2. The van der Waals surface area contributed by atoms with E-state index in [2.05, 4.69) is 59.9 Å². The summed E-state index contributed by atoms with van der Waals surface area (Å²) < 4.78 is 0. The van der Waals surface area contributed by atoms with Gasteiger partial charge >= 0.3 is 0 Å². The smallest absolute Gasteiger partial charge is 0.146 e. The highest BCUT2D eigenvalue weighted by atomic mass is 16.3. The van der Waals surface area contributed by atoms with Crippen molar-refractivity contribution >= 4 is 32.8 Å². The van der Waals surface area contributed by atoms with Gasteiger partial charge in [0.1, 0.15) is 5.75 Å². The molecule has 2 aliphatic rings. The van der Waals surface area contributed by atoms with Crippen LogP contribution in [0.15, 0.2) is 90.5 Å². The van der Waals surface area contributed by atoms with Crippen LogP contribution >= 0.6 is 0 Å². The van der Waals surface area contributed by atoms with Gasteiger partial charge in [-0.2, -0.15) is 0 Å². The van der Waals surface area contributed by atoms with Crippen LogP contribution in [0, 0.1) is 0 Å². The molecule has 0 bridgehead atoms. The second-order valence-electron chi connectivity index (χ2n) is 8.28. The average molecular weight is 389 g/mol. The van der Waals surface area contributed by atoms with Crippen LogP contribution in [0.25, 0.3) is 27.1 Å². The first-order chi connectivity index (χ1) is 14.8. The Morgan fingerprint density at radius 3 is 2.40 bits per heavy atom. The van der Waals surface area contributed by atoms with E-state index < -0.39 is 0 Å². The third-order valence-corrected chi connectivity index (χ3v) is 6.60. The number of phenols is 1. The highest BCUT2D eigenvalue weighted by Crippen LogP contribution is 2.42. The van der Waals surface area contributed by atoms with Crippen molar-refractivity contribution in [2.24, 2.45) is 0 Å². The molecule has 30 heavy (non-hydrogen) atoms. The summed E-state index contributed by atoms with van der Waals surface area (Å²) in [5.41, 5.74) is 6.37. The maximum atomic E-state index is 11.0. The Bertz CT molecular complexity index is 1360. The maximum Gasteiger partial charge on any atom is 0.146 e. The Kier molecular flexibility index (Phi) is 3.92. The lowest BCUT2D eigenvalue weighted by molar-refractivity contribution is 0.482. The highest BCUT2D eigenvalue weighted by molar-refractivity contribution is 5.96. The fourth-order valence-electron chi connectivity index (χ4n) is 5.14. The van der Waals surface area contributed by atoms with Crippen molar-refractivity contribution in [3.8, 4) is 5.75 Å². The number of hydrogen-bond acceptors (Lipinski definition) is 2. The molecule has 6 rings (SSSR count).